The van der Waals surface area contributed by atoms with Crippen LogP contribution in [0.1, 0.15) is 33.1 Å². The number of nitrogens with zero attached hydrogens (tertiary/aromatic N) is 2. The lowest BCUT2D eigenvalue weighted by Crippen LogP contribution is -2.42. The van der Waals surface area contributed by atoms with Crippen LogP contribution in [0.3, 0.4) is 0 Å². The zero-order valence-corrected chi connectivity index (χ0v) is 17.5. The van der Waals surface area contributed by atoms with Gasteiger partial charge in [0.1, 0.15) is 6.33 Å². The molecular weight excluding hydrogens is 405 g/mol. The molecule has 4 nitrogen and oxygen atoms in total. The van der Waals surface area contributed by atoms with Crippen LogP contribution in [0, 0.1) is 0 Å². The second-order valence-electron chi connectivity index (χ2n) is 5.49. The maximum absolute atomic E-state index is 13.3. The van der Waals surface area contributed by atoms with Crippen molar-refractivity contribution in [1.29, 1.82) is 0 Å². The van der Waals surface area contributed by atoms with Gasteiger partial charge in [0.2, 0.25) is 5.91 Å². The summed E-state index contributed by atoms with van der Waals surface area (Å²) >= 11 is 4.75. The summed E-state index contributed by atoms with van der Waals surface area (Å²) in [6, 6.07) is -0.377. The van der Waals surface area contributed by atoms with E-state index in [9.17, 15) is 9.18 Å². The van der Waals surface area contributed by atoms with Crippen LogP contribution < -0.4 is 5.32 Å². The van der Waals surface area contributed by atoms with Gasteiger partial charge in [0.15, 0.2) is 0 Å². The number of nitrogens with one attached hydrogen (secondary N) is 1. The standard InChI is InChI=1S/C15H23BrFN3OS.C3H6/c1-12(14(8-17)20-6-4-3-5-7-20)19-15(21)13(9-18-2)10-22-11-16;1-3-2/h8,10,12H,2-7,9,11H2,1H3,(H,19,21);3H,1H2,2H3/b13-10+,14-8-;. The molecule has 142 valence electrons. The molecule has 1 rings (SSSR count). The number of amides is 1. The van der Waals surface area contributed by atoms with E-state index < -0.39 is 0 Å². The van der Waals surface area contributed by atoms with Crippen LogP contribution in [0.2, 0.25) is 0 Å². The molecule has 1 N–H and O–H groups in total. The largest absolute Gasteiger partial charge is 0.371 e. The molecule has 0 aromatic rings. The molecule has 1 amide bonds. The highest BCUT2D eigenvalue weighted by Crippen LogP contribution is 2.18. The number of alkyl halides is 1. The van der Waals surface area contributed by atoms with Crippen LogP contribution >= 0.6 is 27.7 Å². The first kappa shape index (κ1) is 23.9. The second kappa shape index (κ2) is 15.2. The van der Waals surface area contributed by atoms with Gasteiger partial charge in [-0.25, -0.2) is 4.39 Å². The predicted octanol–water partition coefficient (Wildman–Crippen LogP) is 4.65. The fourth-order valence-corrected chi connectivity index (χ4v) is 3.21. The lowest BCUT2D eigenvalue weighted by Gasteiger charge is -2.33. The van der Waals surface area contributed by atoms with Gasteiger partial charge < -0.3 is 10.2 Å². The van der Waals surface area contributed by atoms with E-state index in [0.29, 0.717) is 22.3 Å². The molecule has 7 heteroatoms. The number of hydrogen-bond donors (Lipinski definition) is 1. The number of allylic oxidation sites excluding steroid dienone is 1. The van der Waals surface area contributed by atoms with Gasteiger partial charge in [-0.15, -0.1) is 18.3 Å². The molecule has 0 aromatic carbocycles. The quantitative estimate of drug-likeness (QED) is 0.262. The van der Waals surface area contributed by atoms with Crippen LogP contribution in [0.5, 0.6) is 0 Å². The Morgan fingerprint density at radius 1 is 1.44 bits per heavy atom. The average Bonchev–Trinajstić information content (AvgIpc) is 2.60. The molecule has 1 aliphatic rings. The van der Waals surface area contributed by atoms with Gasteiger partial charge in [-0.1, -0.05) is 22.0 Å². The SMILES string of the molecule is C=CC.C=NC/C(=C\SCBr)C(=O)NC(C)/C(=C/F)N1CCCCC1. The third kappa shape index (κ3) is 9.84. The number of halogens is 2. The second-order valence-corrected chi connectivity index (χ2v) is 7.65. The first-order chi connectivity index (χ1) is 12.0. The Balaban J connectivity index is 0.00000178. The van der Waals surface area contributed by atoms with Crippen molar-refractivity contribution in [3.05, 3.63) is 35.7 Å². The van der Waals surface area contributed by atoms with Gasteiger partial charge >= 0.3 is 0 Å². The summed E-state index contributed by atoms with van der Waals surface area (Å²) in [5.74, 6) is -0.232. The fourth-order valence-electron chi connectivity index (χ4n) is 2.37. The Kier molecular flexibility index (Phi) is 14.5. The number of aliphatic imine (C=N–C) groups is 1. The Labute approximate surface area is 163 Å². The van der Waals surface area contributed by atoms with Crippen molar-refractivity contribution in [1.82, 2.24) is 10.2 Å². The van der Waals surface area contributed by atoms with Crippen molar-refractivity contribution in [3.8, 4) is 0 Å². The topological polar surface area (TPSA) is 44.7 Å². The number of carbonyl (C=O) groups is 1. The first-order valence-electron chi connectivity index (χ1n) is 8.27. The molecular formula is C18H29BrFN3OS. The Hall–Kier alpha value is -1.08. The van der Waals surface area contributed by atoms with Crippen molar-refractivity contribution in [3.63, 3.8) is 0 Å². The highest BCUT2D eigenvalue weighted by atomic mass is 79.9. The molecule has 0 spiro atoms. The average molecular weight is 434 g/mol. The summed E-state index contributed by atoms with van der Waals surface area (Å²) in [6.45, 7) is 12.4. The highest BCUT2D eigenvalue weighted by Gasteiger charge is 2.21. The van der Waals surface area contributed by atoms with Gasteiger partial charge in [-0.2, -0.15) is 0 Å². The molecule has 1 atom stereocenters. The summed E-state index contributed by atoms with van der Waals surface area (Å²) in [4.78, 5) is 18.1. The van der Waals surface area contributed by atoms with Crippen LogP contribution in [0.15, 0.2) is 40.7 Å². The molecule has 0 saturated carbocycles. The van der Waals surface area contributed by atoms with Crippen molar-refractivity contribution < 1.29 is 9.18 Å². The summed E-state index contributed by atoms with van der Waals surface area (Å²) < 4.78 is 14.0. The smallest absolute Gasteiger partial charge is 0.250 e. The van der Waals surface area contributed by atoms with E-state index in [1.165, 1.54) is 18.2 Å². The minimum absolute atomic E-state index is 0.232. The van der Waals surface area contributed by atoms with Crippen molar-refractivity contribution in [2.75, 3.05) is 24.3 Å². The number of thioether (sulfide) groups is 1. The van der Waals surface area contributed by atoms with Crippen LogP contribution in [0.4, 0.5) is 4.39 Å². The van der Waals surface area contributed by atoms with E-state index in [2.05, 4.69) is 39.5 Å². The van der Waals surface area contributed by atoms with Gasteiger partial charge in [0, 0.05) is 18.7 Å². The molecule has 1 heterocycles. The normalized spacial score (nSPS) is 16.4. The Morgan fingerprint density at radius 2 is 2.04 bits per heavy atom. The van der Waals surface area contributed by atoms with E-state index in [1.54, 1.807) is 18.4 Å². The van der Waals surface area contributed by atoms with Crippen LogP contribution in [0.25, 0.3) is 0 Å². The molecule has 25 heavy (non-hydrogen) atoms. The molecule has 0 bridgehead atoms. The summed E-state index contributed by atoms with van der Waals surface area (Å²) in [5, 5.41) is 4.60. The third-order valence-corrected chi connectivity index (χ3v) is 4.86. The lowest BCUT2D eigenvalue weighted by atomic mass is 10.1. The summed E-state index contributed by atoms with van der Waals surface area (Å²) in [6.07, 6.45) is 5.66. The molecule has 0 aliphatic carbocycles. The third-order valence-electron chi connectivity index (χ3n) is 3.49. The number of rotatable bonds is 8. The zero-order chi connectivity index (χ0) is 19.1. The number of likely N-dealkylation sites (tertiary alicyclic amines) is 1. The Bertz CT molecular complexity index is 477. The van der Waals surface area contributed by atoms with E-state index in [1.807, 2.05) is 11.8 Å². The number of carbonyl (C=O) groups excluding carboxylic acids is 1. The number of hydrogen-bond acceptors (Lipinski definition) is 4. The van der Waals surface area contributed by atoms with E-state index in [4.69, 9.17) is 0 Å². The highest BCUT2D eigenvalue weighted by molar-refractivity contribution is 9.11. The molecule has 0 radical (unpaired) electrons. The zero-order valence-electron chi connectivity index (χ0n) is 15.1. The fraction of sp³-hybridized carbons (Fsp3) is 0.556. The van der Waals surface area contributed by atoms with Gasteiger partial charge in [-0.3, -0.25) is 9.79 Å². The van der Waals surface area contributed by atoms with Gasteiger partial charge in [-0.05, 0) is 45.2 Å². The minimum Gasteiger partial charge on any atom is -0.371 e. The molecule has 1 saturated heterocycles. The van der Waals surface area contributed by atoms with Crippen molar-refractivity contribution >= 4 is 40.3 Å². The first-order valence-corrected chi connectivity index (χ1v) is 10.4. The Morgan fingerprint density at radius 3 is 2.52 bits per heavy atom. The predicted molar refractivity (Wildman–Crippen MR) is 112 cm³/mol. The van der Waals surface area contributed by atoms with E-state index in [0.717, 1.165) is 25.9 Å². The van der Waals surface area contributed by atoms with Gasteiger partial charge in [0.25, 0.3) is 0 Å². The summed E-state index contributed by atoms with van der Waals surface area (Å²) in [5.41, 5.74) is 1.07. The van der Waals surface area contributed by atoms with Gasteiger partial charge in [0.05, 0.1) is 22.9 Å². The minimum atomic E-state index is -0.377. The van der Waals surface area contributed by atoms with Crippen LogP contribution in [-0.4, -0.2) is 47.9 Å². The summed E-state index contributed by atoms with van der Waals surface area (Å²) in [7, 11) is 0. The number of piperidine rings is 1. The van der Waals surface area contributed by atoms with Crippen LogP contribution in [-0.2, 0) is 4.79 Å². The molecule has 0 aromatic heterocycles. The monoisotopic (exact) mass is 433 g/mol. The lowest BCUT2D eigenvalue weighted by molar-refractivity contribution is -0.118. The molecule has 1 aliphatic heterocycles. The molecule has 1 fully saturated rings. The maximum Gasteiger partial charge on any atom is 0.250 e. The van der Waals surface area contributed by atoms with Crippen molar-refractivity contribution in [2.24, 2.45) is 4.99 Å². The molecule has 1 unspecified atom stereocenters. The van der Waals surface area contributed by atoms with Crippen molar-refractivity contribution in [2.45, 2.75) is 39.2 Å². The maximum atomic E-state index is 13.3. The van der Waals surface area contributed by atoms with E-state index >= 15 is 0 Å². The van der Waals surface area contributed by atoms with E-state index in [-0.39, 0.29) is 18.5 Å².